The second kappa shape index (κ2) is 7.38. The molecule has 5 heteroatoms. The smallest absolute Gasteiger partial charge is 0.161 e. The Hall–Kier alpha value is -1.07. The maximum Gasteiger partial charge on any atom is 0.161 e. The molecule has 0 aliphatic heterocycles. The minimum Gasteiger partial charge on any atom is -0.493 e. The highest BCUT2D eigenvalue weighted by atomic mass is 16.5. The van der Waals surface area contributed by atoms with E-state index in [1.54, 1.807) is 13.3 Å². The summed E-state index contributed by atoms with van der Waals surface area (Å²) in [5.41, 5.74) is 7.17. The van der Waals surface area contributed by atoms with Gasteiger partial charge in [0.05, 0.1) is 25.0 Å². The highest BCUT2D eigenvalue weighted by Crippen LogP contribution is 2.27. The third kappa shape index (κ3) is 3.71. The molecule has 104 valence electrons. The summed E-state index contributed by atoms with van der Waals surface area (Å²) in [5, 5.41) is 4.32. The molecule has 0 aromatic carbocycles. The van der Waals surface area contributed by atoms with E-state index < -0.39 is 0 Å². The molecule has 0 radical (unpaired) electrons. The van der Waals surface area contributed by atoms with Crippen molar-refractivity contribution in [2.75, 3.05) is 20.3 Å². The molecule has 1 heterocycles. The van der Waals surface area contributed by atoms with Crippen LogP contribution in [0.1, 0.15) is 51.4 Å². The molecule has 0 fully saturated rings. The van der Waals surface area contributed by atoms with Gasteiger partial charge < -0.3 is 15.2 Å². The molecular formula is C13H25N3O2. The van der Waals surface area contributed by atoms with Gasteiger partial charge >= 0.3 is 0 Å². The van der Waals surface area contributed by atoms with Crippen molar-refractivity contribution < 1.29 is 9.47 Å². The van der Waals surface area contributed by atoms with Crippen LogP contribution in [-0.2, 0) is 4.74 Å². The first-order chi connectivity index (χ1) is 8.61. The topological polar surface area (TPSA) is 62.3 Å². The third-order valence-corrected chi connectivity index (χ3v) is 2.78. The Labute approximate surface area is 109 Å². The van der Waals surface area contributed by atoms with Crippen molar-refractivity contribution in [3.8, 4) is 5.75 Å². The Morgan fingerprint density at radius 2 is 2.11 bits per heavy atom. The summed E-state index contributed by atoms with van der Waals surface area (Å²) in [6.07, 6.45) is 3.53. The van der Waals surface area contributed by atoms with Gasteiger partial charge in [0.2, 0.25) is 0 Å². The fourth-order valence-corrected chi connectivity index (χ4v) is 1.87. The summed E-state index contributed by atoms with van der Waals surface area (Å²) < 4.78 is 12.7. The van der Waals surface area contributed by atoms with Crippen LogP contribution in [-0.4, -0.2) is 30.1 Å². The van der Waals surface area contributed by atoms with E-state index in [2.05, 4.69) is 25.9 Å². The molecular weight excluding hydrogens is 230 g/mol. The normalized spacial score (nSPS) is 13.0. The van der Waals surface area contributed by atoms with Crippen LogP contribution in [0.15, 0.2) is 6.20 Å². The molecule has 5 nitrogen and oxygen atoms in total. The lowest BCUT2D eigenvalue weighted by Gasteiger charge is -2.18. The predicted octanol–water partition coefficient (Wildman–Crippen LogP) is 2.29. The molecule has 0 amide bonds. The zero-order valence-corrected chi connectivity index (χ0v) is 11.8. The number of aromatic nitrogens is 2. The van der Waals surface area contributed by atoms with E-state index in [4.69, 9.17) is 15.2 Å². The van der Waals surface area contributed by atoms with E-state index >= 15 is 0 Å². The van der Waals surface area contributed by atoms with Crippen molar-refractivity contribution in [2.24, 2.45) is 5.73 Å². The first-order valence-corrected chi connectivity index (χ1v) is 6.56. The summed E-state index contributed by atoms with van der Waals surface area (Å²) in [7, 11) is 1.64. The molecule has 0 saturated carbocycles. The fraction of sp³-hybridized carbons (Fsp3) is 0.769. The minimum atomic E-state index is -0.110. The van der Waals surface area contributed by atoms with Crippen LogP contribution in [0.2, 0.25) is 0 Å². The average molecular weight is 255 g/mol. The lowest BCUT2D eigenvalue weighted by molar-refractivity contribution is 0.126. The SMILES string of the molecule is CCCOCCC(N)c1c(OC)cnn1C(C)C. The van der Waals surface area contributed by atoms with Gasteiger partial charge in [-0.15, -0.1) is 0 Å². The van der Waals surface area contributed by atoms with Crippen molar-refractivity contribution in [3.63, 3.8) is 0 Å². The highest BCUT2D eigenvalue weighted by molar-refractivity contribution is 5.28. The summed E-state index contributed by atoms with van der Waals surface area (Å²) in [5.74, 6) is 0.756. The van der Waals surface area contributed by atoms with E-state index in [-0.39, 0.29) is 12.1 Å². The molecule has 1 rings (SSSR count). The maximum absolute atomic E-state index is 6.22. The molecule has 0 aliphatic carbocycles. The van der Waals surface area contributed by atoms with Gasteiger partial charge in [-0.1, -0.05) is 6.92 Å². The fourth-order valence-electron chi connectivity index (χ4n) is 1.87. The summed E-state index contributed by atoms with van der Waals surface area (Å²) in [6, 6.07) is 0.160. The molecule has 0 spiro atoms. The van der Waals surface area contributed by atoms with Crippen LogP contribution in [0, 0.1) is 0 Å². The van der Waals surface area contributed by atoms with E-state index in [9.17, 15) is 0 Å². The Balaban J connectivity index is 2.70. The standard InChI is InChI=1S/C13H25N3O2/c1-5-7-18-8-6-11(14)13-12(17-4)9-15-16(13)10(2)3/h9-11H,5-8,14H2,1-4H3. The van der Waals surface area contributed by atoms with E-state index in [0.717, 1.165) is 30.9 Å². The van der Waals surface area contributed by atoms with Gasteiger partial charge in [0.15, 0.2) is 5.75 Å². The Kier molecular flexibility index (Phi) is 6.15. The van der Waals surface area contributed by atoms with Crippen molar-refractivity contribution in [2.45, 2.75) is 45.7 Å². The molecule has 0 saturated heterocycles. The minimum absolute atomic E-state index is 0.110. The van der Waals surface area contributed by atoms with Gasteiger partial charge in [0.25, 0.3) is 0 Å². The molecule has 0 aliphatic rings. The Morgan fingerprint density at radius 1 is 1.39 bits per heavy atom. The van der Waals surface area contributed by atoms with Crippen molar-refractivity contribution >= 4 is 0 Å². The number of hydrogen-bond acceptors (Lipinski definition) is 4. The third-order valence-electron chi connectivity index (χ3n) is 2.78. The molecule has 1 atom stereocenters. The molecule has 2 N–H and O–H groups in total. The van der Waals surface area contributed by atoms with E-state index in [0.29, 0.717) is 6.61 Å². The van der Waals surface area contributed by atoms with Gasteiger partial charge in [0.1, 0.15) is 0 Å². The van der Waals surface area contributed by atoms with Crippen LogP contribution in [0.3, 0.4) is 0 Å². The predicted molar refractivity (Wildman–Crippen MR) is 71.8 cm³/mol. The highest BCUT2D eigenvalue weighted by Gasteiger charge is 2.20. The first-order valence-electron chi connectivity index (χ1n) is 6.56. The van der Waals surface area contributed by atoms with Crippen LogP contribution in [0.25, 0.3) is 0 Å². The lowest BCUT2D eigenvalue weighted by Crippen LogP contribution is -2.20. The number of hydrogen-bond donors (Lipinski definition) is 1. The number of rotatable bonds is 8. The molecule has 1 aromatic heterocycles. The zero-order chi connectivity index (χ0) is 13.5. The van der Waals surface area contributed by atoms with Gasteiger partial charge in [-0.05, 0) is 26.7 Å². The Morgan fingerprint density at radius 3 is 2.67 bits per heavy atom. The van der Waals surface area contributed by atoms with Gasteiger partial charge in [-0.3, -0.25) is 4.68 Å². The molecule has 1 aromatic rings. The van der Waals surface area contributed by atoms with Crippen LogP contribution in [0.4, 0.5) is 0 Å². The van der Waals surface area contributed by atoms with E-state index in [1.807, 2.05) is 4.68 Å². The van der Waals surface area contributed by atoms with Crippen molar-refractivity contribution in [1.82, 2.24) is 9.78 Å². The average Bonchev–Trinajstić information content (AvgIpc) is 2.78. The Bertz CT molecular complexity index is 350. The summed E-state index contributed by atoms with van der Waals surface area (Å²) in [4.78, 5) is 0. The number of nitrogens with zero attached hydrogens (tertiary/aromatic N) is 2. The quantitative estimate of drug-likeness (QED) is 0.724. The van der Waals surface area contributed by atoms with Gasteiger partial charge in [-0.2, -0.15) is 5.10 Å². The molecule has 18 heavy (non-hydrogen) atoms. The number of ether oxygens (including phenoxy) is 2. The monoisotopic (exact) mass is 255 g/mol. The van der Waals surface area contributed by atoms with Gasteiger partial charge in [0, 0.05) is 19.3 Å². The largest absolute Gasteiger partial charge is 0.493 e. The molecule has 1 unspecified atom stereocenters. The lowest BCUT2D eigenvalue weighted by atomic mass is 10.1. The van der Waals surface area contributed by atoms with Crippen LogP contribution >= 0.6 is 0 Å². The first kappa shape index (κ1) is 15.0. The summed E-state index contributed by atoms with van der Waals surface area (Å²) in [6.45, 7) is 7.71. The number of nitrogens with two attached hydrogens (primary N) is 1. The van der Waals surface area contributed by atoms with E-state index in [1.165, 1.54) is 0 Å². The maximum atomic E-state index is 6.22. The summed E-state index contributed by atoms with van der Waals surface area (Å²) >= 11 is 0. The number of methoxy groups -OCH3 is 1. The van der Waals surface area contributed by atoms with Crippen LogP contribution in [0.5, 0.6) is 5.75 Å². The zero-order valence-electron chi connectivity index (χ0n) is 11.8. The van der Waals surface area contributed by atoms with Crippen LogP contribution < -0.4 is 10.5 Å². The second-order valence-electron chi connectivity index (χ2n) is 4.64. The van der Waals surface area contributed by atoms with Crippen molar-refractivity contribution in [3.05, 3.63) is 11.9 Å². The second-order valence-corrected chi connectivity index (χ2v) is 4.64. The van der Waals surface area contributed by atoms with Gasteiger partial charge in [-0.25, -0.2) is 0 Å². The molecule has 0 bridgehead atoms. The van der Waals surface area contributed by atoms with Crippen molar-refractivity contribution in [1.29, 1.82) is 0 Å².